The fourth-order valence-corrected chi connectivity index (χ4v) is 6.20. The zero-order valence-electron chi connectivity index (χ0n) is 21.9. The summed E-state index contributed by atoms with van der Waals surface area (Å²) < 4.78 is 40.9. The molecule has 0 atom stereocenters. The van der Waals surface area contributed by atoms with Crippen LogP contribution in [-0.4, -0.2) is 72.7 Å². The first kappa shape index (κ1) is 25.9. The first-order valence-corrected chi connectivity index (χ1v) is 14.2. The lowest BCUT2D eigenvalue weighted by atomic mass is 10.1. The number of anilines is 1. The average molecular weight is 537 g/mol. The van der Waals surface area contributed by atoms with Crippen molar-refractivity contribution in [2.45, 2.75) is 31.1 Å². The van der Waals surface area contributed by atoms with Crippen molar-refractivity contribution in [1.29, 1.82) is 0 Å². The van der Waals surface area contributed by atoms with Gasteiger partial charge in [0.2, 0.25) is 10.0 Å². The van der Waals surface area contributed by atoms with Crippen LogP contribution in [0.4, 0.5) is 5.82 Å². The molecule has 0 bridgehead atoms. The highest BCUT2D eigenvalue weighted by Crippen LogP contribution is 2.37. The van der Waals surface area contributed by atoms with E-state index in [1.54, 1.807) is 41.4 Å². The third-order valence-electron chi connectivity index (χ3n) is 6.89. The summed E-state index contributed by atoms with van der Waals surface area (Å²) in [4.78, 5) is 11.2. The second kappa shape index (κ2) is 11.0. The summed E-state index contributed by atoms with van der Waals surface area (Å²) in [5, 5.41) is 4.41. The molecule has 0 radical (unpaired) electrons. The molecule has 2 aromatic heterocycles. The highest BCUT2D eigenvalue weighted by Gasteiger charge is 2.30. The monoisotopic (exact) mass is 536 g/mol. The number of benzene rings is 2. The van der Waals surface area contributed by atoms with Crippen LogP contribution in [0.25, 0.3) is 16.9 Å². The van der Waals surface area contributed by atoms with Crippen LogP contribution in [-0.2, 0) is 16.4 Å². The Morgan fingerprint density at radius 1 is 0.921 bits per heavy atom. The van der Waals surface area contributed by atoms with Crippen molar-refractivity contribution in [2.75, 3.05) is 45.3 Å². The fourth-order valence-electron chi connectivity index (χ4n) is 4.78. The van der Waals surface area contributed by atoms with Crippen LogP contribution < -0.4 is 14.4 Å². The van der Waals surface area contributed by atoms with E-state index in [0.717, 1.165) is 41.8 Å². The number of rotatable bonds is 9. The number of nitrogens with zero attached hydrogens (tertiary/aromatic N) is 6. The van der Waals surface area contributed by atoms with Gasteiger partial charge in [0.15, 0.2) is 11.5 Å². The standard InChI is InChI=1S/C27H32N6O4S/c1-4-5-6-20-7-10-22(11-8-20)38(34,35)32-15-13-31(14-16-32)26-23(18-28-27-29-19-30-33(26)27)21-9-12-24(36-2)25(17-21)37-3/h7-12,17-19H,4-6,13-16H2,1-3H3. The second-order valence-electron chi connectivity index (χ2n) is 9.18. The molecule has 0 aliphatic carbocycles. The Labute approximate surface area is 222 Å². The number of methoxy groups -OCH3 is 2. The summed E-state index contributed by atoms with van der Waals surface area (Å²) in [6, 6.07) is 13.0. The molecule has 0 unspecified atom stereocenters. The van der Waals surface area contributed by atoms with E-state index < -0.39 is 10.0 Å². The number of hydrogen-bond acceptors (Lipinski definition) is 8. The number of aromatic nitrogens is 4. The molecule has 0 amide bonds. The van der Waals surface area contributed by atoms with Crippen molar-refractivity contribution in [1.82, 2.24) is 23.9 Å². The van der Waals surface area contributed by atoms with Crippen LogP contribution in [0.15, 0.2) is 59.9 Å². The molecule has 200 valence electrons. The number of unbranched alkanes of at least 4 members (excludes halogenated alkanes) is 1. The summed E-state index contributed by atoms with van der Waals surface area (Å²) in [7, 11) is -0.392. The largest absolute Gasteiger partial charge is 0.493 e. The molecule has 1 fully saturated rings. The summed E-state index contributed by atoms with van der Waals surface area (Å²) in [5.41, 5.74) is 2.87. The Kier molecular flexibility index (Phi) is 7.48. The first-order chi connectivity index (χ1) is 18.5. The minimum Gasteiger partial charge on any atom is -0.493 e. The van der Waals surface area contributed by atoms with Gasteiger partial charge in [-0.2, -0.15) is 18.9 Å². The van der Waals surface area contributed by atoms with Crippen molar-refractivity contribution in [3.8, 4) is 22.6 Å². The lowest BCUT2D eigenvalue weighted by Gasteiger charge is -2.36. The zero-order valence-corrected chi connectivity index (χ0v) is 22.7. The maximum Gasteiger partial charge on any atom is 0.254 e. The third kappa shape index (κ3) is 4.91. The Morgan fingerprint density at radius 3 is 2.34 bits per heavy atom. The molecule has 1 saturated heterocycles. The molecule has 2 aromatic carbocycles. The van der Waals surface area contributed by atoms with E-state index in [-0.39, 0.29) is 0 Å². The number of sulfonamides is 1. The number of hydrogen-bond donors (Lipinski definition) is 0. The molecule has 0 spiro atoms. The highest BCUT2D eigenvalue weighted by atomic mass is 32.2. The molecule has 5 rings (SSSR count). The number of piperazine rings is 1. The topological polar surface area (TPSA) is 102 Å². The van der Waals surface area contributed by atoms with Crippen LogP contribution in [0.3, 0.4) is 0 Å². The number of ether oxygens (including phenoxy) is 2. The van der Waals surface area contributed by atoms with Crippen LogP contribution >= 0.6 is 0 Å². The fraction of sp³-hybridized carbons (Fsp3) is 0.370. The molecule has 38 heavy (non-hydrogen) atoms. The molecular formula is C27H32N6O4S. The minimum atomic E-state index is -3.59. The van der Waals surface area contributed by atoms with Gasteiger partial charge < -0.3 is 14.4 Å². The number of aryl methyl sites for hydroxylation is 1. The smallest absolute Gasteiger partial charge is 0.254 e. The van der Waals surface area contributed by atoms with E-state index in [0.29, 0.717) is 48.4 Å². The predicted octanol–water partition coefficient (Wildman–Crippen LogP) is 3.66. The van der Waals surface area contributed by atoms with Gasteiger partial charge in [0.05, 0.1) is 19.1 Å². The lowest BCUT2D eigenvalue weighted by molar-refractivity contribution is 0.355. The molecule has 0 N–H and O–H groups in total. The van der Waals surface area contributed by atoms with Gasteiger partial charge in [-0.25, -0.2) is 13.4 Å². The van der Waals surface area contributed by atoms with Gasteiger partial charge in [0.1, 0.15) is 12.1 Å². The Bertz CT molecular complexity index is 1510. The number of fused-ring (bicyclic) bond motifs is 1. The molecule has 1 aliphatic rings. The van der Waals surface area contributed by atoms with Crippen LogP contribution in [0.2, 0.25) is 0 Å². The van der Waals surface area contributed by atoms with E-state index in [1.807, 2.05) is 30.3 Å². The van der Waals surface area contributed by atoms with Gasteiger partial charge in [0, 0.05) is 37.9 Å². The average Bonchev–Trinajstić information content (AvgIpc) is 3.44. The van der Waals surface area contributed by atoms with E-state index in [4.69, 9.17) is 9.47 Å². The minimum absolute atomic E-state index is 0.333. The van der Waals surface area contributed by atoms with Crippen molar-refractivity contribution in [2.24, 2.45) is 0 Å². The van der Waals surface area contributed by atoms with Gasteiger partial charge in [-0.3, -0.25) is 0 Å². The van der Waals surface area contributed by atoms with Crippen molar-refractivity contribution < 1.29 is 17.9 Å². The van der Waals surface area contributed by atoms with Gasteiger partial charge in [-0.05, 0) is 48.2 Å². The molecule has 0 saturated carbocycles. The Morgan fingerprint density at radius 2 is 1.66 bits per heavy atom. The van der Waals surface area contributed by atoms with Crippen molar-refractivity contribution in [3.63, 3.8) is 0 Å². The molecule has 11 heteroatoms. The Hall–Kier alpha value is -3.70. The Balaban J connectivity index is 1.41. The molecule has 10 nitrogen and oxygen atoms in total. The molecule has 1 aliphatic heterocycles. The van der Waals surface area contributed by atoms with Gasteiger partial charge in [-0.15, -0.1) is 0 Å². The van der Waals surface area contributed by atoms with E-state index in [2.05, 4.69) is 26.9 Å². The van der Waals surface area contributed by atoms with Gasteiger partial charge in [-0.1, -0.05) is 31.5 Å². The van der Waals surface area contributed by atoms with E-state index in [1.165, 1.54) is 6.33 Å². The van der Waals surface area contributed by atoms with E-state index in [9.17, 15) is 8.42 Å². The quantitative estimate of drug-likeness (QED) is 0.319. The first-order valence-electron chi connectivity index (χ1n) is 12.7. The lowest BCUT2D eigenvalue weighted by Crippen LogP contribution is -2.49. The summed E-state index contributed by atoms with van der Waals surface area (Å²) in [5.74, 6) is 2.51. The molecule has 4 aromatic rings. The molecule has 3 heterocycles. The van der Waals surface area contributed by atoms with Crippen LogP contribution in [0, 0.1) is 0 Å². The third-order valence-corrected chi connectivity index (χ3v) is 8.81. The summed E-state index contributed by atoms with van der Waals surface area (Å²) in [6.07, 6.45) is 6.39. The van der Waals surface area contributed by atoms with Gasteiger partial charge in [0.25, 0.3) is 5.78 Å². The normalized spacial score (nSPS) is 14.7. The maximum absolute atomic E-state index is 13.4. The highest BCUT2D eigenvalue weighted by molar-refractivity contribution is 7.89. The predicted molar refractivity (Wildman–Crippen MR) is 145 cm³/mol. The van der Waals surface area contributed by atoms with Crippen LogP contribution in [0.5, 0.6) is 11.5 Å². The molecular weight excluding hydrogens is 504 g/mol. The SMILES string of the molecule is CCCCc1ccc(S(=O)(=O)N2CCN(c3c(-c4ccc(OC)c(OC)c4)cnc4ncnn34)CC2)cc1. The van der Waals surface area contributed by atoms with Crippen LogP contribution in [0.1, 0.15) is 25.3 Å². The summed E-state index contributed by atoms with van der Waals surface area (Å²) >= 11 is 0. The van der Waals surface area contributed by atoms with Crippen molar-refractivity contribution in [3.05, 3.63) is 60.6 Å². The second-order valence-corrected chi connectivity index (χ2v) is 11.1. The summed E-state index contributed by atoms with van der Waals surface area (Å²) in [6.45, 7) is 3.84. The van der Waals surface area contributed by atoms with Gasteiger partial charge >= 0.3 is 0 Å². The van der Waals surface area contributed by atoms with E-state index >= 15 is 0 Å². The van der Waals surface area contributed by atoms with Crippen molar-refractivity contribution >= 4 is 21.6 Å². The zero-order chi connectivity index (χ0) is 26.7. The maximum atomic E-state index is 13.4.